The smallest absolute Gasteiger partial charge is 0.269 e. The molecule has 0 aliphatic carbocycles. The zero-order chi connectivity index (χ0) is 17.8. The number of nitrogens with zero attached hydrogens (tertiary/aromatic N) is 2. The molecule has 2 aromatic rings. The predicted octanol–water partition coefficient (Wildman–Crippen LogP) is 3.20. The van der Waals surface area contributed by atoms with Crippen LogP contribution < -0.4 is 5.32 Å². The maximum atomic E-state index is 12.9. The third-order valence-corrected chi connectivity index (χ3v) is 4.17. The Bertz CT molecular complexity index is 793. The van der Waals surface area contributed by atoms with Gasteiger partial charge in [0.25, 0.3) is 11.6 Å². The lowest BCUT2D eigenvalue weighted by Crippen LogP contribution is -2.43. The summed E-state index contributed by atoms with van der Waals surface area (Å²) in [7, 11) is 1.61. The number of hydrogen-bond acceptors (Lipinski definition) is 5. The number of methoxy groups -OCH3 is 1. The van der Waals surface area contributed by atoms with Gasteiger partial charge in [0, 0.05) is 43.6 Å². The Morgan fingerprint density at radius 3 is 2.80 bits per heavy atom. The van der Waals surface area contributed by atoms with Crippen LogP contribution in [0.3, 0.4) is 0 Å². The van der Waals surface area contributed by atoms with Gasteiger partial charge in [-0.15, -0.1) is 0 Å². The van der Waals surface area contributed by atoms with Gasteiger partial charge in [-0.05, 0) is 18.6 Å². The lowest BCUT2D eigenvalue weighted by Gasteiger charge is -2.38. The number of carbonyl (C=O) groups is 1. The topological polar surface area (TPSA) is 84.7 Å². The maximum absolute atomic E-state index is 12.9. The zero-order valence-corrected chi connectivity index (χ0v) is 13.8. The number of nitro groups is 1. The standard InChI is InChI=1S/C18H19N3O4/c1-25-11-5-10-20-17(13-6-4-7-14(12-13)21(23)24)19-16-9-3-2-8-15(16)18(20)22/h2-4,6-9,12,17,19H,5,10-11H2,1H3. The van der Waals surface area contributed by atoms with Crippen LogP contribution in [0.2, 0.25) is 0 Å². The molecule has 0 aromatic heterocycles. The molecule has 130 valence electrons. The molecule has 0 saturated carbocycles. The summed E-state index contributed by atoms with van der Waals surface area (Å²) in [5.74, 6) is -0.0954. The second-order valence-electron chi connectivity index (χ2n) is 5.79. The van der Waals surface area contributed by atoms with E-state index in [-0.39, 0.29) is 11.6 Å². The van der Waals surface area contributed by atoms with Crippen LogP contribution in [0.15, 0.2) is 48.5 Å². The number of rotatable bonds is 6. The van der Waals surface area contributed by atoms with Crippen LogP contribution in [0.4, 0.5) is 11.4 Å². The molecule has 0 fully saturated rings. The molecule has 3 rings (SSSR count). The molecule has 7 heteroatoms. The second kappa shape index (κ2) is 7.31. The van der Waals surface area contributed by atoms with Crippen LogP contribution >= 0.6 is 0 Å². The van der Waals surface area contributed by atoms with Gasteiger partial charge in [0.2, 0.25) is 0 Å². The highest BCUT2D eigenvalue weighted by molar-refractivity contribution is 6.01. The van der Waals surface area contributed by atoms with Gasteiger partial charge in [0.1, 0.15) is 6.17 Å². The van der Waals surface area contributed by atoms with Gasteiger partial charge in [-0.25, -0.2) is 0 Å². The molecule has 1 aliphatic rings. The van der Waals surface area contributed by atoms with Crippen LogP contribution in [-0.2, 0) is 4.74 Å². The predicted molar refractivity (Wildman–Crippen MR) is 93.4 cm³/mol. The summed E-state index contributed by atoms with van der Waals surface area (Å²) < 4.78 is 5.08. The van der Waals surface area contributed by atoms with E-state index in [4.69, 9.17) is 4.74 Å². The number of fused-ring (bicyclic) bond motifs is 1. The molecule has 1 heterocycles. The van der Waals surface area contributed by atoms with Gasteiger partial charge in [0.15, 0.2) is 0 Å². The van der Waals surface area contributed by atoms with Gasteiger partial charge in [0.05, 0.1) is 10.5 Å². The van der Waals surface area contributed by atoms with Gasteiger partial charge < -0.3 is 15.0 Å². The molecule has 1 N–H and O–H groups in total. The summed E-state index contributed by atoms with van der Waals surface area (Å²) in [5.41, 5.74) is 2.01. The first-order chi connectivity index (χ1) is 12.1. The number of ether oxygens (including phenoxy) is 1. The summed E-state index contributed by atoms with van der Waals surface area (Å²) in [6.07, 6.45) is 0.219. The number of hydrogen-bond donors (Lipinski definition) is 1. The monoisotopic (exact) mass is 341 g/mol. The molecule has 0 radical (unpaired) electrons. The van der Waals surface area contributed by atoms with Crippen molar-refractivity contribution < 1.29 is 14.5 Å². The van der Waals surface area contributed by atoms with Crippen LogP contribution in [0.1, 0.15) is 28.5 Å². The molecule has 1 amide bonds. The first-order valence-electron chi connectivity index (χ1n) is 8.01. The number of anilines is 1. The highest BCUT2D eigenvalue weighted by Gasteiger charge is 2.32. The van der Waals surface area contributed by atoms with E-state index in [2.05, 4.69) is 5.32 Å². The number of para-hydroxylation sites is 1. The van der Waals surface area contributed by atoms with Crippen molar-refractivity contribution in [1.29, 1.82) is 0 Å². The van der Waals surface area contributed by atoms with E-state index in [1.54, 1.807) is 30.2 Å². The molecule has 1 atom stereocenters. The van der Waals surface area contributed by atoms with E-state index in [1.807, 2.05) is 18.2 Å². The van der Waals surface area contributed by atoms with Crippen molar-refractivity contribution in [2.24, 2.45) is 0 Å². The minimum absolute atomic E-state index is 0.00227. The molecule has 1 unspecified atom stereocenters. The fourth-order valence-corrected chi connectivity index (χ4v) is 2.97. The van der Waals surface area contributed by atoms with Gasteiger partial charge in [-0.2, -0.15) is 0 Å². The number of amides is 1. The van der Waals surface area contributed by atoms with E-state index in [1.165, 1.54) is 12.1 Å². The third-order valence-electron chi connectivity index (χ3n) is 4.17. The van der Waals surface area contributed by atoms with Gasteiger partial charge in [-0.1, -0.05) is 24.3 Å². The molecule has 25 heavy (non-hydrogen) atoms. The first kappa shape index (κ1) is 16.9. The molecule has 1 aliphatic heterocycles. The van der Waals surface area contributed by atoms with E-state index in [0.717, 1.165) is 5.69 Å². The van der Waals surface area contributed by atoms with E-state index in [9.17, 15) is 14.9 Å². The van der Waals surface area contributed by atoms with E-state index in [0.29, 0.717) is 30.7 Å². The van der Waals surface area contributed by atoms with Crippen molar-refractivity contribution in [3.05, 3.63) is 69.8 Å². The average molecular weight is 341 g/mol. The average Bonchev–Trinajstić information content (AvgIpc) is 2.63. The van der Waals surface area contributed by atoms with Crippen molar-refractivity contribution in [2.45, 2.75) is 12.6 Å². The quantitative estimate of drug-likeness (QED) is 0.495. The molecular formula is C18H19N3O4. The van der Waals surface area contributed by atoms with Gasteiger partial charge >= 0.3 is 0 Å². The Balaban J connectivity index is 1.98. The number of benzene rings is 2. The Hall–Kier alpha value is -2.93. The summed E-state index contributed by atoms with van der Waals surface area (Å²) in [4.78, 5) is 25.3. The van der Waals surface area contributed by atoms with Crippen LogP contribution in [0.25, 0.3) is 0 Å². The minimum atomic E-state index is -0.459. The Morgan fingerprint density at radius 1 is 1.24 bits per heavy atom. The lowest BCUT2D eigenvalue weighted by molar-refractivity contribution is -0.384. The lowest BCUT2D eigenvalue weighted by atomic mass is 10.0. The molecule has 7 nitrogen and oxygen atoms in total. The molecular weight excluding hydrogens is 322 g/mol. The molecule has 0 saturated heterocycles. The zero-order valence-electron chi connectivity index (χ0n) is 13.8. The largest absolute Gasteiger partial charge is 0.385 e. The van der Waals surface area contributed by atoms with Crippen LogP contribution in [-0.4, -0.2) is 36.0 Å². The summed E-state index contributed by atoms with van der Waals surface area (Å²) in [6.45, 7) is 1.02. The van der Waals surface area contributed by atoms with Crippen molar-refractivity contribution in [3.8, 4) is 0 Å². The number of nitro benzene ring substituents is 1. The van der Waals surface area contributed by atoms with E-state index >= 15 is 0 Å². The Kier molecular flexibility index (Phi) is 4.95. The number of non-ortho nitro benzene ring substituents is 1. The normalized spacial score (nSPS) is 16.3. The van der Waals surface area contributed by atoms with Crippen LogP contribution in [0.5, 0.6) is 0 Å². The first-order valence-corrected chi connectivity index (χ1v) is 8.01. The van der Waals surface area contributed by atoms with Crippen molar-refractivity contribution in [2.75, 3.05) is 25.6 Å². The van der Waals surface area contributed by atoms with Crippen molar-refractivity contribution in [3.63, 3.8) is 0 Å². The van der Waals surface area contributed by atoms with E-state index < -0.39 is 11.1 Å². The van der Waals surface area contributed by atoms with Crippen LogP contribution in [0, 0.1) is 10.1 Å². The Morgan fingerprint density at radius 2 is 2.04 bits per heavy atom. The Labute approximate surface area is 145 Å². The summed E-state index contributed by atoms with van der Waals surface area (Å²) >= 11 is 0. The molecule has 0 spiro atoms. The van der Waals surface area contributed by atoms with Crippen molar-refractivity contribution in [1.82, 2.24) is 4.90 Å². The molecule has 2 aromatic carbocycles. The summed E-state index contributed by atoms with van der Waals surface area (Å²) in [5, 5.41) is 14.4. The number of nitrogens with one attached hydrogen (secondary N) is 1. The second-order valence-corrected chi connectivity index (χ2v) is 5.79. The summed E-state index contributed by atoms with van der Waals surface area (Å²) in [6, 6.07) is 13.6. The number of carbonyl (C=O) groups excluding carboxylic acids is 1. The highest BCUT2D eigenvalue weighted by Crippen LogP contribution is 2.34. The third kappa shape index (κ3) is 3.46. The minimum Gasteiger partial charge on any atom is -0.385 e. The van der Waals surface area contributed by atoms with Gasteiger partial charge in [-0.3, -0.25) is 14.9 Å². The highest BCUT2D eigenvalue weighted by atomic mass is 16.6. The fourth-order valence-electron chi connectivity index (χ4n) is 2.97. The molecule has 0 bridgehead atoms. The maximum Gasteiger partial charge on any atom is 0.269 e. The SMILES string of the molecule is COCCCN1C(=O)c2ccccc2NC1c1cccc([N+](=O)[O-])c1. The fraction of sp³-hybridized carbons (Fsp3) is 0.278. The van der Waals surface area contributed by atoms with Crippen molar-refractivity contribution >= 4 is 17.3 Å².